The van der Waals surface area contributed by atoms with Gasteiger partial charge in [0.05, 0.1) is 16.1 Å². The van der Waals surface area contributed by atoms with E-state index in [2.05, 4.69) is 10.3 Å². The number of anilines is 1. The number of amides is 2. The van der Waals surface area contributed by atoms with Crippen molar-refractivity contribution in [3.8, 4) is 9.88 Å². The first-order chi connectivity index (χ1) is 11.6. The molecule has 0 saturated carbocycles. The highest BCUT2D eigenvalue weighted by atomic mass is 32.1. The van der Waals surface area contributed by atoms with E-state index >= 15 is 0 Å². The van der Waals surface area contributed by atoms with Crippen molar-refractivity contribution in [2.45, 2.75) is 0 Å². The third-order valence-electron chi connectivity index (χ3n) is 3.28. The van der Waals surface area contributed by atoms with Crippen molar-refractivity contribution in [1.82, 2.24) is 9.88 Å². The molecule has 0 aliphatic rings. The molecule has 2 amide bonds. The SMILES string of the molecule is CN(C)C(=O)c1ccccc1NC(=O)c1csc(-c2cccs2)n1. The van der Waals surface area contributed by atoms with Crippen molar-refractivity contribution in [3.05, 3.63) is 58.4 Å². The highest BCUT2D eigenvalue weighted by Crippen LogP contribution is 2.28. The number of nitrogens with zero attached hydrogens (tertiary/aromatic N) is 2. The minimum atomic E-state index is -0.326. The van der Waals surface area contributed by atoms with Gasteiger partial charge in [0.15, 0.2) is 0 Å². The Kier molecular flexibility index (Phi) is 4.73. The van der Waals surface area contributed by atoms with Gasteiger partial charge in [-0.25, -0.2) is 4.98 Å². The summed E-state index contributed by atoms with van der Waals surface area (Å²) in [6.07, 6.45) is 0. The molecule has 0 atom stereocenters. The average molecular weight is 357 g/mol. The number of carbonyl (C=O) groups is 2. The molecule has 7 heteroatoms. The quantitative estimate of drug-likeness (QED) is 0.772. The smallest absolute Gasteiger partial charge is 0.275 e. The predicted octanol–water partition coefficient (Wildman–Crippen LogP) is 3.83. The van der Waals surface area contributed by atoms with Crippen LogP contribution in [-0.4, -0.2) is 35.8 Å². The van der Waals surface area contributed by atoms with Crippen molar-refractivity contribution < 1.29 is 9.59 Å². The van der Waals surface area contributed by atoms with Gasteiger partial charge in [-0.3, -0.25) is 9.59 Å². The first kappa shape index (κ1) is 16.4. The van der Waals surface area contributed by atoms with Crippen LogP contribution in [0.3, 0.4) is 0 Å². The topological polar surface area (TPSA) is 62.3 Å². The maximum absolute atomic E-state index is 12.5. The van der Waals surface area contributed by atoms with Gasteiger partial charge < -0.3 is 10.2 Å². The van der Waals surface area contributed by atoms with Crippen LogP contribution in [0.5, 0.6) is 0 Å². The molecule has 2 aromatic heterocycles. The molecule has 3 rings (SSSR count). The van der Waals surface area contributed by atoms with E-state index in [1.54, 1.807) is 55.1 Å². The zero-order valence-corrected chi connectivity index (χ0v) is 14.8. The molecule has 0 saturated heterocycles. The summed E-state index contributed by atoms with van der Waals surface area (Å²) in [5.74, 6) is -0.489. The zero-order chi connectivity index (χ0) is 17.1. The molecule has 0 fully saturated rings. The fourth-order valence-corrected chi connectivity index (χ4v) is 3.71. The maximum atomic E-state index is 12.5. The average Bonchev–Trinajstić information content (AvgIpc) is 3.25. The van der Waals surface area contributed by atoms with Gasteiger partial charge in [-0.2, -0.15) is 0 Å². The Morgan fingerprint density at radius 1 is 1.08 bits per heavy atom. The monoisotopic (exact) mass is 357 g/mol. The second-order valence-electron chi connectivity index (χ2n) is 5.21. The Morgan fingerprint density at radius 2 is 1.88 bits per heavy atom. The fourth-order valence-electron chi connectivity index (χ4n) is 2.10. The molecule has 0 radical (unpaired) electrons. The van der Waals surface area contributed by atoms with Gasteiger partial charge in [0.25, 0.3) is 11.8 Å². The lowest BCUT2D eigenvalue weighted by molar-refractivity contribution is 0.0828. The Morgan fingerprint density at radius 3 is 2.58 bits per heavy atom. The van der Waals surface area contributed by atoms with Crippen LogP contribution in [-0.2, 0) is 0 Å². The van der Waals surface area contributed by atoms with E-state index in [1.807, 2.05) is 17.5 Å². The van der Waals surface area contributed by atoms with Gasteiger partial charge in [-0.05, 0) is 23.6 Å². The number of thiazole rings is 1. The first-order valence-corrected chi connectivity index (χ1v) is 8.93. The molecule has 3 aromatic rings. The summed E-state index contributed by atoms with van der Waals surface area (Å²) in [7, 11) is 3.35. The molecule has 24 heavy (non-hydrogen) atoms. The third kappa shape index (κ3) is 3.37. The molecule has 1 aromatic carbocycles. The van der Waals surface area contributed by atoms with Gasteiger partial charge in [0, 0.05) is 19.5 Å². The van der Waals surface area contributed by atoms with Crippen LogP contribution in [0.15, 0.2) is 47.2 Å². The molecular weight excluding hydrogens is 342 g/mol. The van der Waals surface area contributed by atoms with E-state index in [4.69, 9.17) is 0 Å². The van der Waals surface area contributed by atoms with E-state index in [1.165, 1.54) is 16.2 Å². The van der Waals surface area contributed by atoms with Crippen molar-refractivity contribution in [3.63, 3.8) is 0 Å². The van der Waals surface area contributed by atoms with Crippen LogP contribution >= 0.6 is 22.7 Å². The first-order valence-electron chi connectivity index (χ1n) is 7.17. The van der Waals surface area contributed by atoms with Crippen LogP contribution < -0.4 is 5.32 Å². The highest BCUT2D eigenvalue weighted by Gasteiger charge is 2.17. The van der Waals surface area contributed by atoms with Crippen LogP contribution in [0.25, 0.3) is 9.88 Å². The van der Waals surface area contributed by atoms with Gasteiger partial charge >= 0.3 is 0 Å². The van der Waals surface area contributed by atoms with Crippen molar-refractivity contribution in [1.29, 1.82) is 0 Å². The van der Waals surface area contributed by atoms with Gasteiger partial charge in [0.1, 0.15) is 10.7 Å². The second-order valence-corrected chi connectivity index (χ2v) is 7.02. The van der Waals surface area contributed by atoms with E-state index in [0.29, 0.717) is 16.9 Å². The number of hydrogen-bond acceptors (Lipinski definition) is 5. The van der Waals surface area contributed by atoms with Gasteiger partial charge in [-0.1, -0.05) is 18.2 Å². The fraction of sp³-hybridized carbons (Fsp3) is 0.118. The second kappa shape index (κ2) is 6.94. The van der Waals surface area contributed by atoms with Crippen molar-refractivity contribution in [2.24, 2.45) is 0 Å². The summed E-state index contributed by atoms with van der Waals surface area (Å²) in [6.45, 7) is 0. The molecule has 0 aliphatic heterocycles. The molecular formula is C17H15N3O2S2. The number of rotatable bonds is 4. The van der Waals surface area contributed by atoms with Crippen LogP contribution in [0, 0.1) is 0 Å². The van der Waals surface area contributed by atoms with Crippen molar-refractivity contribution in [2.75, 3.05) is 19.4 Å². The lowest BCUT2D eigenvalue weighted by Crippen LogP contribution is -2.24. The molecule has 1 N–H and O–H groups in total. The number of thiophene rings is 1. The van der Waals surface area contributed by atoms with E-state index in [0.717, 1.165) is 9.88 Å². The van der Waals surface area contributed by atoms with Crippen molar-refractivity contribution >= 4 is 40.2 Å². The Bertz CT molecular complexity index is 870. The summed E-state index contributed by atoms with van der Waals surface area (Å²) >= 11 is 3.01. The standard InChI is InChI=1S/C17H15N3O2S2/c1-20(2)17(22)11-6-3-4-7-12(11)18-15(21)13-10-24-16(19-13)14-8-5-9-23-14/h3-10H,1-2H3,(H,18,21). The number of benzene rings is 1. The summed E-state index contributed by atoms with van der Waals surface area (Å²) in [4.78, 5) is 31.5. The number of carbonyl (C=O) groups excluding carboxylic acids is 2. The third-order valence-corrected chi connectivity index (χ3v) is 5.16. The molecule has 5 nitrogen and oxygen atoms in total. The van der Waals surface area contributed by atoms with Crippen LogP contribution in [0.4, 0.5) is 5.69 Å². The molecule has 122 valence electrons. The number of aromatic nitrogens is 1. The van der Waals surface area contributed by atoms with Gasteiger partial charge in [0.2, 0.25) is 0 Å². The summed E-state index contributed by atoms with van der Waals surface area (Å²) in [6, 6.07) is 10.9. The number of para-hydroxylation sites is 1. The van der Waals surface area contributed by atoms with E-state index in [-0.39, 0.29) is 11.8 Å². The number of nitrogens with one attached hydrogen (secondary N) is 1. The maximum Gasteiger partial charge on any atom is 0.275 e. The molecule has 0 aliphatic carbocycles. The lowest BCUT2D eigenvalue weighted by atomic mass is 10.1. The summed E-state index contributed by atoms with van der Waals surface area (Å²) in [5.41, 5.74) is 1.27. The minimum absolute atomic E-state index is 0.163. The van der Waals surface area contributed by atoms with Crippen LogP contribution in [0.2, 0.25) is 0 Å². The Hall–Kier alpha value is -2.51. The summed E-state index contributed by atoms with van der Waals surface area (Å²) in [5, 5.41) is 7.29. The van der Waals surface area contributed by atoms with Crippen LogP contribution in [0.1, 0.15) is 20.8 Å². The highest BCUT2D eigenvalue weighted by molar-refractivity contribution is 7.20. The molecule has 0 unspecified atom stereocenters. The minimum Gasteiger partial charge on any atom is -0.345 e. The Balaban J connectivity index is 1.82. The Labute approximate surface area is 147 Å². The molecule has 2 heterocycles. The molecule has 0 spiro atoms. The lowest BCUT2D eigenvalue weighted by Gasteiger charge is -2.14. The number of hydrogen-bond donors (Lipinski definition) is 1. The largest absolute Gasteiger partial charge is 0.345 e. The zero-order valence-electron chi connectivity index (χ0n) is 13.1. The summed E-state index contributed by atoms with van der Waals surface area (Å²) < 4.78 is 0. The van der Waals surface area contributed by atoms with E-state index < -0.39 is 0 Å². The molecule has 0 bridgehead atoms. The normalized spacial score (nSPS) is 10.4. The van der Waals surface area contributed by atoms with E-state index in [9.17, 15) is 9.59 Å². The predicted molar refractivity (Wildman–Crippen MR) is 97.8 cm³/mol. The van der Waals surface area contributed by atoms with Gasteiger partial charge in [-0.15, -0.1) is 22.7 Å².